The average molecular weight is 256 g/mol. The summed E-state index contributed by atoms with van der Waals surface area (Å²) >= 11 is 0. The highest BCUT2D eigenvalue weighted by Gasteiger charge is 2.06. The van der Waals surface area contributed by atoms with Crippen LogP contribution in [0.15, 0.2) is 35.6 Å². The van der Waals surface area contributed by atoms with Gasteiger partial charge in [0.25, 0.3) is 5.56 Å². The first-order chi connectivity index (χ1) is 9.13. The average Bonchev–Trinajstić information content (AvgIpc) is 2.77. The van der Waals surface area contributed by atoms with Gasteiger partial charge in [-0.1, -0.05) is 0 Å². The van der Waals surface area contributed by atoms with Gasteiger partial charge in [0.15, 0.2) is 0 Å². The first-order valence-corrected chi connectivity index (χ1v) is 5.75. The predicted molar refractivity (Wildman–Crippen MR) is 69.7 cm³/mol. The van der Waals surface area contributed by atoms with Crippen molar-refractivity contribution in [2.75, 3.05) is 5.73 Å². The van der Waals surface area contributed by atoms with E-state index in [9.17, 15) is 4.79 Å². The molecule has 0 aromatic carbocycles. The van der Waals surface area contributed by atoms with Crippen LogP contribution >= 0.6 is 0 Å². The highest BCUT2D eigenvalue weighted by atomic mass is 16.1. The first-order valence-electron chi connectivity index (χ1n) is 5.75. The number of nitrogens with zero attached hydrogens (tertiary/aromatic N) is 5. The smallest absolute Gasteiger partial charge is 0.276 e. The Morgan fingerprint density at radius 1 is 1.26 bits per heavy atom. The van der Waals surface area contributed by atoms with E-state index in [1.54, 1.807) is 33.7 Å². The third kappa shape index (κ3) is 2.05. The van der Waals surface area contributed by atoms with E-state index in [0.717, 1.165) is 5.69 Å². The zero-order chi connectivity index (χ0) is 13.4. The van der Waals surface area contributed by atoms with Gasteiger partial charge in [0, 0.05) is 12.4 Å². The van der Waals surface area contributed by atoms with Crippen LogP contribution in [0.4, 0.5) is 5.82 Å². The Hall–Kier alpha value is -2.70. The lowest BCUT2D eigenvalue weighted by atomic mass is 10.4. The van der Waals surface area contributed by atoms with Crippen LogP contribution in [0.3, 0.4) is 0 Å². The minimum absolute atomic E-state index is 0.110. The van der Waals surface area contributed by atoms with Gasteiger partial charge in [0.2, 0.25) is 0 Å². The van der Waals surface area contributed by atoms with Gasteiger partial charge in [-0.15, -0.1) is 0 Å². The van der Waals surface area contributed by atoms with Crippen LogP contribution in [-0.4, -0.2) is 24.1 Å². The normalized spacial score (nSPS) is 11.0. The molecule has 0 aliphatic rings. The monoisotopic (exact) mass is 256 g/mol. The number of fused-ring (bicyclic) bond motifs is 1. The number of aromatic nitrogens is 5. The van der Waals surface area contributed by atoms with Crippen molar-refractivity contribution in [2.45, 2.75) is 13.5 Å². The Labute approximate surface area is 108 Å². The summed E-state index contributed by atoms with van der Waals surface area (Å²) in [6.07, 6.45) is 6.46. The molecule has 0 fully saturated rings. The molecule has 0 aliphatic carbocycles. The van der Waals surface area contributed by atoms with Gasteiger partial charge >= 0.3 is 0 Å². The van der Waals surface area contributed by atoms with E-state index in [-0.39, 0.29) is 5.56 Å². The van der Waals surface area contributed by atoms with Gasteiger partial charge in [0.05, 0.1) is 30.3 Å². The topological polar surface area (TPSA) is 91.1 Å². The number of anilines is 1. The molecule has 0 saturated carbocycles. The molecule has 7 nitrogen and oxygen atoms in total. The van der Waals surface area contributed by atoms with Crippen LogP contribution in [0.25, 0.3) is 5.52 Å². The molecule has 3 rings (SSSR count). The van der Waals surface area contributed by atoms with Crippen molar-refractivity contribution in [1.29, 1.82) is 0 Å². The third-order valence-electron chi connectivity index (χ3n) is 2.78. The molecular formula is C12H12N6O. The summed E-state index contributed by atoms with van der Waals surface area (Å²) < 4.78 is 3.14. The van der Waals surface area contributed by atoms with E-state index in [4.69, 9.17) is 5.73 Å². The van der Waals surface area contributed by atoms with E-state index in [1.165, 1.54) is 6.20 Å². The van der Waals surface area contributed by atoms with Gasteiger partial charge in [-0.2, -0.15) is 5.10 Å². The second-order valence-corrected chi connectivity index (χ2v) is 4.28. The van der Waals surface area contributed by atoms with E-state index < -0.39 is 0 Å². The summed E-state index contributed by atoms with van der Waals surface area (Å²) in [5.41, 5.74) is 7.39. The second-order valence-electron chi connectivity index (χ2n) is 4.28. The predicted octanol–water partition coefficient (Wildman–Crippen LogP) is 0.225. The molecular weight excluding hydrogens is 244 g/mol. The standard InChI is InChI=1S/C12H12N6O/c1-8-4-10-12(19)17(2-3-18(10)16-8)7-9-5-15-11(13)6-14-9/h2-6H,7H2,1H3,(H2,13,15). The fourth-order valence-corrected chi connectivity index (χ4v) is 1.89. The number of hydrogen-bond donors (Lipinski definition) is 1. The molecule has 0 unspecified atom stereocenters. The summed E-state index contributed by atoms with van der Waals surface area (Å²) in [7, 11) is 0. The van der Waals surface area contributed by atoms with Crippen molar-refractivity contribution >= 4 is 11.3 Å². The van der Waals surface area contributed by atoms with E-state index in [2.05, 4.69) is 15.1 Å². The number of rotatable bonds is 2. The molecule has 0 atom stereocenters. The van der Waals surface area contributed by atoms with E-state index >= 15 is 0 Å². The van der Waals surface area contributed by atoms with Crippen molar-refractivity contribution in [2.24, 2.45) is 0 Å². The maximum Gasteiger partial charge on any atom is 0.276 e. The van der Waals surface area contributed by atoms with Crippen LogP contribution in [0.5, 0.6) is 0 Å². The fourth-order valence-electron chi connectivity index (χ4n) is 1.89. The number of nitrogens with two attached hydrogens (primary N) is 1. The number of nitrogen functional groups attached to an aromatic ring is 1. The lowest BCUT2D eigenvalue weighted by Crippen LogP contribution is -2.22. The number of hydrogen-bond acceptors (Lipinski definition) is 5. The SMILES string of the molecule is Cc1cc2c(=O)n(Cc3cnc(N)cn3)ccn2n1. The van der Waals surface area contributed by atoms with Gasteiger partial charge in [-0.25, -0.2) is 9.50 Å². The third-order valence-corrected chi connectivity index (χ3v) is 2.78. The van der Waals surface area contributed by atoms with E-state index in [0.29, 0.717) is 23.6 Å². The minimum Gasteiger partial charge on any atom is -0.382 e. The van der Waals surface area contributed by atoms with Gasteiger partial charge in [-0.3, -0.25) is 9.78 Å². The summed E-state index contributed by atoms with van der Waals surface area (Å²) in [6.45, 7) is 2.20. The summed E-state index contributed by atoms with van der Waals surface area (Å²) in [6, 6.07) is 1.76. The Kier molecular flexibility index (Phi) is 2.52. The quantitative estimate of drug-likeness (QED) is 0.708. The molecule has 0 saturated heterocycles. The number of aryl methyl sites for hydroxylation is 1. The fraction of sp³-hybridized carbons (Fsp3) is 0.167. The molecule has 0 bridgehead atoms. The van der Waals surface area contributed by atoms with Crippen molar-refractivity contribution < 1.29 is 0 Å². The van der Waals surface area contributed by atoms with Crippen molar-refractivity contribution in [1.82, 2.24) is 24.1 Å². The first kappa shape index (κ1) is 11.4. The largest absolute Gasteiger partial charge is 0.382 e. The van der Waals surface area contributed by atoms with Crippen LogP contribution < -0.4 is 11.3 Å². The molecule has 3 aromatic heterocycles. The Balaban J connectivity index is 2.03. The van der Waals surface area contributed by atoms with Crippen molar-refractivity contribution in [3.05, 3.63) is 52.6 Å². The summed E-state index contributed by atoms with van der Waals surface area (Å²) in [4.78, 5) is 20.3. The Morgan fingerprint density at radius 2 is 2.11 bits per heavy atom. The molecule has 3 heterocycles. The van der Waals surface area contributed by atoms with Gasteiger partial charge in [0.1, 0.15) is 11.3 Å². The Morgan fingerprint density at radius 3 is 2.84 bits per heavy atom. The van der Waals surface area contributed by atoms with Gasteiger partial charge in [-0.05, 0) is 13.0 Å². The van der Waals surface area contributed by atoms with Crippen LogP contribution in [0.1, 0.15) is 11.4 Å². The highest BCUT2D eigenvalue weighted by molar-refractivity contribution is 5.44. The maximum atomic E-state index is 12.2. The maximum absolute atomic E-state index is 12.2. The molecule has 0 radical (unpaired) electrons. The lowest BCUT2D eigenvalue weighted by Gasteiger charge is -2.05. The van der Waals surface area contributed by atoms with Crippen LogP contribution in [0, 0.1) is 6.92 Å². The van der Waals surface area contributed by atoms with Crippen LogP contribution in [-0.2, 0) is 6.54 Å². The molecule has 0 amide bonds. The van der Waals surface area contributed by atoms with E-state index in [1.807, 2.05) is 6.92 Å². The summed E-state index contributed by atoms with van der Waals surface area (Å²) in [5, 5.41) is 4.19. The molecule has 96 valence electrons. The molecule has 7 heteroatoms. The zero-order valence-electron chi connectivity index (χ0n) is 10.3. The Bertz CT molecular complexity index is 786. The van der Waals surface area contributed by atoms with Crippen molar-refractivity contribution in [3.8, 4) is 0 Å². The lowest BCUT2D eigenvalue weighted by molar-refractivity contribution is 0.722. The van der Waals surface area contributed by atoms with Gasteiger partial charge < -0.3 is 10.3 Å². The zero-order valence-corrected chi connectivity index (χ0v) is 10.3. The highest BCUT2D eigenvalue weighted by Crippen LogP contribution is 2.02. The molecule has 2 N–H and O–H groups in total. The minimum atomic E-state index is -0.110. The van der Waals surface area contributed by atoms with Crippen LogP contribution in [0.2, 0.25) is 0 Å². The summed E-state index contributed by atoms with van der Waals surface area (Å²) in [5.74, 6) is 0.359. The second kappa shape index (κ2) is 4.20. The molecule has 0 aliphatic heterocycles. The van der Waals surface area contributed by atoms with Crippen molar-refractivity contribution in [3.63, 3.8) is 0 Å². The molecule has 3 aromatic rings. The molecule has 0 spiro atoms. The molecule has 19 heavy (non-hydrogen) atoms.